The predicted octanol–water partition coefficient (Wildman–Crippen LogP) is 5.58. The lowest BCUT2D eigenvalue weighted by atomic mass is 9.84. The van der Waals surface area contributed by atoms with E-state index in [1.807, 2.05) is 54.3 Å². The van der Waals surface area contributed by atoms with E-state index in [1.54, 1.807) is 12.1 Å². The highest BCUT2D eigenvalue weighted by atomic mass is 35.5. The molecule has 0 spiro atoms. The largest absolute Gasteiger partial charge is 0.335 e. The van der Waals surface area contributed by atoms with Crippen molar-refractivity contribution in [1.29, 1.82) is 0 Å². The summed E-state index contributed by atoms with van der Waals surface area (Å²) in [5.74, 6) is 0.0335. The van der Waals surface area contributed by atoms with E-state index in [0.717, 1.165) is 30.4 Å². The zero-order valence-electron chi connectivity index (χ0n) is 17.8. The zero-order valence-corrected chi connectivity index (χ0v) is 19.4. The summed E-state index contributed by atoms with van der Waals surface area (Å²) in [4.78, 5) is 27.5. The van der Waals surface area contributed by atoms with Crippen molar-refractivity contribution in [2.75, 3.05) is 11.9 Å². The highest BCUT2D eigenvalue weighted by Crippen LogP contribution is 2.32. The molecule has 4 rings (SSSR count). The molecule has 6 nitrogen and oxygen atoms in total. The highest BCUT2D eigenvalue weighted by molar-refractivity contribution is 7.18. The molecule has 1 saturated carbocycles. The van der Waals surface area contributed by atoms with Gasteiger partial charge in [0.25, 0.3) is 0 Å². The molecule has 1 aliphatic carbocycles. The van der Waals surface area contributed by atoms with Gasteiger partial charge in [-0.05, 0) is 37.5 Å². The third-order valence-corrected chi connectivity index (χ3v) is 6.97. The van der Waals surface area contributed by atoms with Crippen molar-refractivity contribution in [3.63, 3.8) is 0 Å². The fraction of sp³-hybridized carbons (Fsp3) is 0.333. The van der Waals surface area contributed by atoms with Crippen LogP contribution in [0, 0.1) is 5.92 Å². The molecule has 1 heterocycles. The van der Waals surface area contributed by atoms with Crippen LogP contribution < -0.4 is 5.32 Å². The molecular weight excluding hydrogens is 444 g/mol. The van der Waals surface area contributed by atoms with E-state index >= 15 is 0 Å². The van der Waals surface area contributed by atoms with Crippen molar-refractivity contribution in [2.45, 2.75) is 38.6 Å². The number of benzene rings is 2. The van der Waals surface area contributed by atoms with Gasteiger partial charge in [-0.15, -0.1) is 10.2 Å². The normalized spacial score (nSPS) is 14.4. The number of carbonyl (C=O) groups is 2. The average molecular weight is 469 g/mol. The van der Waals surface area contributed by atoms with Crippen LogP contribution in [0.2, 0.25) is 5.02 Å². The van der Waals surface area contributed by atoms with Crippen molar-refractivity contribution < 1.29 is 9.59 Å². The first-order chi connectivity index (χ1) is 15.5. The van der Waals surface area contributed by atoms with E-state index < -0.39 is 0 Å². The molecule has 32 heavy (non-hydrogen) atoms. The topological polar surface area (TPSA) is 75.2 Å². The minimum Gasteiger partial charge on any atom is -0.335 e. The van der Waals surface area contributed by atoms with Crippen LogP contribution in [0.1, 0.15) is 44.2 Å². The summed E-state index contributed by atoms with van der Waals surface area (Å²) < 4.78 is 0. The van der Waals surface area contributed by atoms with Crippen LogP contribution in [0.4, 0.5) is 5.13 Å². The number of rotatable bonds is 8. The molecule has 1 aromatic heterocycles. The SMILES string of the molecule is CC(c1ccccc1)N(CCC(=O)Nc1nnc(-c2ccc(Cl)cc2)s1)C(=O)C1CCC1. The van der Waals surface area contributed by atoms with Crippen LogP contribution in [0.25, 0.3) is 10.6 Å². The number of aromatic nitrogens is 2. The van der Waals surface area contributed by atoms with Gasteiger partial charge in [-0.3, -0.25) is 9.59 Å². The maximum atomic E-state index is 13.1. The Hall–Kier alpha value is -2.77. The lowest BCUT2D eigenvalue weighted by Crippen LogP contribution is -2.41. The number of carbonyl (C=O) groups excluding carboxylic acids is 2. The number of hydrogen-bond acceptors (Lipinski definition) is 5. The summed E-state index contributed by atoms with van der Waals surface area (Å²) in [5.41, 5.74) is 1.96. The summed E-state index contributed by atoms with van der Waals surface area (Å²) in [6.07, 6.45) is 3.16. The highest BCUT2D eigenvalue weighted by Gasteiger charge is 2.32. The first kappa shape index (κ1) is 22.4. The van der Waals surface area contributed by atoms with E-state index in [4.69, 9.17) is 11.6 Å². The van der Waals surface area contributed by atoms with Crippen LogP contribution in [-0.4, -0.2) is 33.5 Å². The Morgan fingerprint density at radius 3 is 2.50 bits per heavy atom. The molecule has 0 saturated heterocycles. The minimum atomic E-state index is -0.185. The third-order valence-electron chi connectivity index (χ3n) is 5.83. The van der Waals surface area contributed by atoms with Crippen LogP contribution in [0.3, 0.4) is 0 Å². The van der Waals surface area contributed by atoms with E-state index in [-0.39, 0.29) is 30.2 Å². The summed E-state index contributed by atoms with van der Waals surface area (Å²) >= 11 is 7.24. The molecule has 1 aliphatic rings. The Morgan fingerprint density at radius 1 is 1.12 bits per heavy atom. The molecule has 3 aromatic rings. The fourth-order valence-electron chi connectivity index (χ4n) is 3.68. The number of halogens is 1. The maximum absolute atomic E-state index is 13.1. The predicted molar refractivity (Wildman–Crippen MR) is 128 cm³/mol. The van der Waals surface area contributed by atoms with E-state index in [0.29, 0.717) is 21.7 Å². The smallest absolute Gasteiger partial charge is 0.227 e. The van der Waals surface area contributed by atoms with Gasteiger partial charge >= 0.3 is 0 Å². The molecule has 0 bridgehead atoms. The molecule has 1 N–H and O–H groups in total. The van der Waals surface area contributed by atoms with Crippen LogP contribution >= 0.6 is 22.9 Å². The summed E-state index contributed by atoms with van der Waals surface area (Å²) in [6, 6.07) is 17.2. The summed E-state index contributed by atoms with van der Waals surface area (Å²) in [5, 5.41) is 12.8. The van der Waals surface area contributed by atoms with Gasteiger partial charge < -0.3 is 10.2 Å². The van der Waals surface area contributed by atoms with Gasteiger partial charge in [-0.2, -0.15) is 0 Å². The Balaban J connectivity index is 1.39. The van der Waals surface area contributed by atoms with Gasteiger partial charge in [0.15, 0.2) is 0 Å². The molecule has 2 aromatic carbocycles. The molecule has 1 atom stereocenters. The minimum absolute atomic E-state index is 0.0781. The number of nitrogens with one attached hydrogen (secondary N) is 1. The Labute approximate surface area is 196 Å². The average Bonchev–Trinajstić information content (AvgIpc) is 3.22. The number of amides is 2. The molecule has 0 aliphatic heterocycles. The lowest BCUT2D eigenvalue weighted by molar-refractivity contribution is -0.140. The first-order valence-corrected chi connectivity index (χ1v) is 12.0. The van der Waals surface area contributed by atoms with Crippen molar-refractivity contribution >= 4 is 39.9 Å². The van der Waals surface area contributed by atoms with E-state index in [1.165, 1.54) is 11.3 Å². The Morgan fingerprint density at radius 2 is 1.84 bits per heavy atom. The van der Waals surface area contributed by atoms with Gasteiger partial charge in [0.2, 0.25) is 16.9 Å². The quantitative estimate of drug-likeness (QED) is 0.468. The second-order valence-corrected chi connectivity index (χ2v) is 9.38. The first-order valence-electron chi connectivity index (χ1n) is 10.8. The molecule has 1 fully saturated rings. The van der Waals surface area contributed by atoms with Crippen LogP contribution in [-0.2, 0) is 9.59 Å². The second kappa shape index (κ2) is 10.2. The van der Waals surface area contributed by atoms with Crippen molar-refractivity contribution in [3.8, 4) is 10.6 Å². The standard InChI is InChI=1S/C24H25ClN4O2S/c1-16(17-6-3-2-4-7-17)29(23(31)19-8-5-9-19)15-14-21(30)26-24-28-27-22(32-24)18-10-12-20(25)13-11-18/h2-4,6-7,10-13,16,19H,5,8-9,14-15H2,1H3,(H,26,28,30). The second-order valence-electron chi connectivity index (χ2n) is 7.96. The number of hydrogen-bond donors (Lipinski definition) is 1. The van der Waals surface area contributed by atoms with Crippen LogP contribution in [0.5, 0.6) is 0 Å². The monoisotopic (exact) mass is 468 g/mol. The Kier molecular flexibility index (Phi) is 7.17. The summed E-state index contributed by atoms with van der Waals surface area (Å²) in [7, 11) is 0. The molecule has 0 radical (unpaired) electrons. The van der Waals surface area contributed by atoms with E-state index in [2.05, 4.69) is 15.5 Å². The van der Waals surface area contributed by atoms with Crippen molar-refractivity contribution in [3.05, 3.63) is 65.2 Å². The summed E-state index contributed by atoms with van der Waals surface area (Å²) in [6.45, 7) is 2.38. The number of nitrogens with zero attached hydrogens (tertiary/aromatic N) is 3. The van der Waals surface area contributed by atoms with Gasteiger partial charge in [-0.25, -0.2) is 0 Å². The Bertz CT molecular complexity index is 1070. The molecule has 2 amide bonds. The molecule has 8 heteroatoms. The molecular formula is C24H25ClN4O2S. The zero-order chi connectivity index (χ0) is 22.5. The molecule has 1 unspecified atom stereocenters. The van der Waals surface area contributed by atoms with Crippen LogP contribution in [0.15, 0.2) is 54.6 Å². The number of anilines is 1. The van der Waals surface area contributed by atoms with E-state index in [9.17, 15) is 9.59 Å². The fourth-order valence-corrected chi connectivity index (χ4v) is 4.57. The van der Waals surface area contributed by atoms with Gasteiger partial charge in [-0.1, -0.05) is 71.8 Å². The lowest BCUT2D eigenvalue weighted by Gasteiger charge is -2.35. The maximum Gasteiger partial charge on any atom is 0.227 e. The van der Waals surface area contributed by atoms with Crippen molar-refractivity contribution in [1.82, 2.24) is 15.1 Å². The molecule has 166 valence electrons. The van der Waals surface area contributed by atoms with Gasteiger partial charge in [0.1, 0.15) is 5.01 Å². The van der Waals surface area contributed by atoms with Crippen molar-refractivity contribution in [2.24, 2.45) is 5.92 Å². The van der Waals surface area contributed by atoms with Gasteiger partial charge in [0, 0.05) is 29.5 Å². The third kappa shape index (κ3) is 5.34. The van der Waals surface area contributed by atoms with Gasteiger partial charge in [0.05, 0.1) is 6.04 Å².